The molecule has 118 valence electrons. The van der Waals surface area contributed by atoms with Gasteiger partial charge in [-0.05, 0) is 43.2 Å². The first kappa shape index (κ1) is 16.8. The first-order valence-corrected chi connectivity index (χ1v) is 7.79. The van der Waals surface area contributed by atoms with E-state index in [2.05, 4.69) is 24.4 Å². The molecular formula is C18H22ClNO2. The van der Waals surface area contributed by atoms with Crippen LogP contribution in [0.15, 0.2) is 48.5 Å². The lowest BCUT2D eigenvalue weighted by Gasteiger charge is -2.18. The van der Waals surface area contributed by atoms with Gasteiger partial charge in [0.1, 0.15) is 18.5 Å². The van der Waals surface area contributed by atoms with Crippen LogP contribution in [0, 0.1) is 6.92 Å². The summed E-state index contributed by atoms with van der Waals surface area (Å²) in [6.07, 6.45) is -0.568. The van der Waals surface area contributed by atoms with Crippen molar-refractivity contribution in [1.82, 2.24) is 5.32 Å². The number of hydrogen-bond donors (Lipinski definition) is 2. The van der Waals surface area contributed by atoms with Crippen LogP contribution < -0.4 is 10.1 Å². The largest absolute Gasteiger partial charge is 0.491 e. The minimum absolute atomic E-state index is 0.188. The number of benzene rings is 2. The van der Waals surface area contributed by atoms with Crippen LogP contribution in [-0.4, -0.2) is 24.4 Å². The van der Waals surface area contributed by atoms with E-state index < -0.39 is 6.10 Å². The van der Waals surface area contributed by atoms with Crippen molar-refractivity contribution < 1.29 is 9.84 Å². The quantitative estimate of drug-likeness (QED) is 0.817. The molecule has 0 amide bonds. The van der Waals surface area contributed by atoms with Crippen molar-refractivity contribution in [1.29, 1.82) is 0 Å². The van der Waals surface area contributed by atoms with Crippen LogP contribution in [0.1, 0.15) is 24.1 Å². The second-order valence-electron chi connectivity index (χ2n) is 5.42. The Morgan fingerprint density at radius 1 is 1.18 bits per heavy atom. The monoisotopic (exact) mass is 319 g/mol. The molecule has 0 spiro atoms. The molecule has 0 aliphatic heterocycles. The normalized spacial score (nSPS) is 13.6. The molecular weight excluding hydrogens is 298 g/mol. The summed E-state index contributed by atoms with van der Waals surface area (Å²) in [6, 6.07) is 15.8. The Balaban J connectivity index is 1.77. The number of nitrogens with one attached hydrogen (secondary N) is 1. The molecule has 4 heteroatoms. The highest BCUT2D eigenvalue weighted by Crippen LogP contribution is 2.21. The highest BCUT2D eigenvalue weighted by Gasteiger charge is 2.10. The summed E-state index contributed by atoms with van der Waals surface area (Å²) in [4.78, 5) is 0. The maximum atomic E-state index is 10.0. The third-order valence-electron chi connectivity index (χ3n) is 3.53. The van der Waals surface area contributed by atoms with Crippen molar-refractivity contribution in [3.05, 3.63) is 64.7 Å². The van der Waals surface area contributed by atoms with Crippen LogP contribution in [-0.2, 0) is 0 Å². The molecule has 2 atom stereocenters. The fourth-order valence-electron chi connectivity index (χ4n) is 2.19. The molecule has 0 fully saturated rings. The Bertz CT molecular complexity index is 589. The van der Waals surface area contributed by atoms with E-state index >= 15 is 0 Å². The molecule has 0 radical (unpaired) electrons. The number of ether oxygens (including phenoxy) is 1. The number of aliphatic hydroxyl groups is 1. The van der Waals surface area contributed by atoms with Crippen LogP contribution in [0.25, 0.3) is 0 Å². The van der Waals surface area contributed by atoms with Gasteiger partial charge in [-0.1, -0.05) is 41.9 Å². The van der Waals surface area contributed by atoms with Crippen molar-refractivity contribution in [3.63, 3.8) is 0 Å². The first-order valence-electron chi connectivity index (χ1n) is 7.41. The lowest BCUT2D eigenvalue weighted by molar-refractivity contribution is 0.104. The molecule has 0 bridgehead atoms. The van der Waals surface area contributed by atoms with Crippen molar-refractivity contribution in [2.75, 3.05) is 13.2 Å². The van der Waals surface area contributed by atoms with Crippen LogP contribution in [0.2, 0.25) is 5.02 Å². The van der Waals surface area contributed by atoms with Crippen molar-refractivity contribution in [2.45, 2.75) is 26.0 Å². The van der Waals surface area contributed by atoms with Gasteiger partial charge in [-0.2, -0.15) is 0 Å². The molecule has 3 nitrogen and oxygen atoms in total. The standard InChI is InChI=1S/C18H22ClNO2/c1-13-10-16(19)8-9-18(13)22-12-17(21)11-20-14(2)15-6-4-3-5-7-15/h3-10,14,17,20-21H,11-12H2,1-2H3/t14-,17+/m1/s1. The average molecular weight is 320 g/mol. The fraction of sp³-hybridized carbons (Fsp3) is 0.333. The predicted molar refractivity (Wildman–Crippen MR) is 90.6 cm³/mol. The highest BCUT2D eigenvalue weighted by molar-refractivity contribution is 6.30. The fourth-order valence-corrected chi connectivity index (χ4v) is 2.42. The number of aliphatic hydroxyl groups excluding tert-OH is 1. The maximum absolute atomic E-state index is 10.0. The van der Waals surface area contributed by atoms with Gasteiger partial charge in [0, 0.05) is 17.6 Å². The van der Waals surface area contributed by atoms with E-state index in [1.54, 1.807) is 6.07 Å². The number of hydrogen-bond acceptors (Lipinski definition) is 3. The van der Waals surface area contributed by atoms with Gasteiger partial charge in [-0.15, -0.1) is 0 Å². The number of halogens is 1. The highest BCUT2D eigenvalue weighted by atomic mass is 35.5. The summed E-state index contributed by atoms with van der Waals surface area (Å²) >= 11 is 5.91. The summed E-state index contributed by atoms with van der Waals surface area (Å²) in [5, 5.41) is 14.0. The molecule has 2 N–H and O–H groups in total. The van der Waals surface area contributed by atoms with E-state index in [1.807, 2.05) is 37.3 Å². The molecule has 0 heterocycles. The van der Waals surface area contributed by atoms with Crippen molar-refractivity contribution >= 4 is 11.6 Å². The Morgan fingerprint density at radius 3 is 2.59 bits per heavy atom. The van der Waals surface area contributed by atoms with E-state index in [0.29, 0.717) is 11.6 Å². The van der Waals surface area contributed by atoms with Gasteiger partial charge in [0.05, 0.1) is 0 Å². The molecule has 0 saturated heterocycles. The van der Waals surface area contributed by atoms with Gasteiger partial charge >= 0.3 is 0 Å². The second kappa shape index (κ2) is 8.18. The van der Waals surface area contributed by atoms with E-state index in [9.17, 15) is 5.11 Å². The first-order chi connectivity index (χ1) is 10.6. The van der Waals surface area contributed by atoms with Crippen LogP contribution in [0.3, 0.4) is 0 Å². The van der Waals surface area contributed by atoms with Gasteiger partial charge in [0.2, 0.25) is 0 Å². The Morgan fingerprint density at radius 2 is 1.91 bits per heavy atom. The summed E-state index contributed by atoms with van der Waals surface area (Å²) < 4.78 is 5.64. The smallest absolute Gasteiger partial charge is 0.122 e. The predicted octanol–water partition coefficient (Wildman–Crippen LogP) is 3.74. The molecule has 0 saturated carbocycles. The molecule has 0 aliphatic rings. The lowest BCUT2D eigenvalue weighted by Crippen LogP contribution is -2.33. The van der Waals surface area contributed by atoms with E-state index in [-0.39, 0.29) is 12.6 Å². The molecule has 0 unspecified atom stereocenters. The molecule has 22 heavy (non-hydrogen) atoms. The summed E-state index contributed by atoms with van der Waals surface area (Å²) in [7, 11) is 0. The topological polar surface area (TPSA) is 41.5 Å². The SMILES string of the molecule is Cc1cc(Cl)ccc1OC[C@@H](O)CN[C@H](C)c1ccccc1. The van der Waals surface area contributed by atoms with Crippen molar-refractivity contribution in [2.24, 2.45) is 0 Å². The van der Waals surface area contributed by atoms with Crippen LogP contribution in [0.5, 0.6) is 5.75 Å². The zero-order valence-corrected chi connectivity index (χ0v) is 13.7. The van der Waals surface area contributed by atoms with Gasteiger partial charge in [0.25, 0.3) is 0 Å². The number of aryl methyl sites for hydroxylation is 1. The minimum atomic E-state index is -0.568. The van der Waals surface area contributed by atoms with Crippen LogP contribution >= 0.6 is 11.6 Å². The average Bonchev–Trinajstić information content (AvgIpc) is 2.52. The second-order valence-corrected chi connectivity index (χ2v) is 5.85. The molecule has 2 rings (SSSR count). The molecule has 2 aromatic carbocycles. The Labute approximate surface area is 136 Å². The van der Waals surface area contributed by atoms with E-state index in [0.717, 1.165) is 11.3 Å². The molecule has 0 aromatic heterocycles. The molecule has 2 aromatic rings. The third-order valence-corrected chi connectivity index (χ3v) is 3.76. The summed E-state index contributed by atoms with van der Waals surface area (Å²) in [5.41, 5.74) is 2.16. The maximum Gasteiger partial charge on any atom is 0.122 e. The zero-order valence-electron chi connectivity index (χ0n) is 12.9. The molecule has 0 aliphatic carbocycles. The lowest BCUT2D eigenvalue weighted by atomic mass is 10.1. The van der Waals surface area contributed by atoms with E-state index in [1.165, 1.54) is 5.56 Å². The third kappa shape index (κ3) is 5.02. The van der Waals surface area contributed by atoms with Gasteiger partial charge in [-0.25, -0.2) is 0 Å². The summed E-state index contributed by atoms with van der Waals surface area (Å²) in [5.74, 6) is 0.750. The Hall–Kier alpha value is -1.55. The van der Waals surface area contributed by atoms with Crippen LogP contribution in [0.4, 0.5) is 0 Å². The van der Waals surface area contributed by atoms with Gasteiger partial charge < -0.3 is 15.2 Å². The van der Waals surface area contributed by atoms with Crippen molar-refractivity contribution in [3.8, 4) is 5.75 Å². The van der Waals surface area contributed by atoms with E-state index in [4.69, 9.17) is 16.3 Å². The number of rotatable bonds is 7. The summed E-state index contributed by atoms with van der Waals surface area (Å²) in [6.45, 7) is 4.73. The van der Waals surface area contributed by atoms with Gasteiger partial charge in [-0.3, -0.25) is 0 Å². The Kier molecular flexibility index (Phi) is 6.25. The zero-order chi connectivity index (χ0) is 15.9. The van der Waals surface area contributed by atoms with Gasteiger partial charge in [0.15, 0.2) is 0 Å². The minimum Gasteiger partial charge on any atom is -0.491 e.